The van der Waals surface area contributed by atoms with Crippen LogP contribution >= 0.6 is 22.9 Å². The van der Waals surface area contributed by atoms with E-state index >= 15 is 0 Å². The van der Waals surface area contributed by atoms with Gasteiger partial charge < -0.3 is 0 Å². The van der Waals surface area contributed by atoms with E-state index in [1.165, 1.54) is 11.3 Å². The van der Waals surface area contributed by atoms with Crippen LogP contribution in [0.15, 0.2) is 11.4 Å². The van der Waals surface area contributed by atoms with Crippen LogP contribution in [0.2, 0.25) is 0 Å². The maximum absolute atomic E-state index is 11.3. The van der Waals surface area contributed by atoms with Gasteiger partial charge in [-0.15, -0.1) is 22.9 Å². The van der Waals surface area contributed by atoms with Crippen molar-refractivity contribution in [3.8, 4) is 6.07 Å². The van der Waals surface area contributed by atoms with Gasteiger partial charge >= 0.3 is 0 Å². The first-order valence-electron chi connectivity index (χ1n) is 3.63. The van der Waals surface area contributed by atoms with Gasteiger partial charge in [0.05, 0.1) is 11.3 Å². The highest BCUT2D eigenvalue weighted by molar-refractivity contribution is 7.92. The van der Waals surface area contributed by atoms with Crippen LogP contribution in [-0.4, -0.2) is 20.1 Å². The molecule has 14 heavy (non-hydrogen) atoms. The average molecular weight is 251 g/mol. The molecule has 0 fully saturated rings. The molecule has 0 atom stereocenters. The Morgan fingerprint density at radius 2 is 2.36 bits per heavy atom. The fraction of sp³-hybridized carbons (Fsp3) is 0.286. The Kier molecular flexibility index (Phi) is 3.75. The van der Waals surface area contributed by atoms with E-state index in [9.17, 15) is 8.42 Å². The molecule has 0 aliphatic carbocycles. The number of nitrogens with one attached hydrogen (secondary N) is 1. The van der Waals surface area contributed by atoms with Crippen LogP contribution in [-0.2, 0) is 10.0 Å². The molecule has 0 radical (unpaired) electrons. The summed E-state index contributed by atoms with van der Waals surface area (Å²) >= 11 is 6.49. The first-order valence-corrected chi connectivity index (χ1v) is 6.70. The van der Waals surface area contributed by atoms with Gasteiger partial charge in [0.15, 0.2) is 0 Å². The third kappa shape index (κ3) is 2.87. The number of hydrogen-bond donors (Lipinski definition) is 1. The Hall–Kier alpha value is -0.770. The van der Waals surface area contributed by atoms with Crippen molar-refractivity contribution in [2.45, 2.75) is 0 Å². The number of halogens is 1. The topological polar surface area (TPSA) is 70.0 Å². The molecule has 1 aromatic heterocycles. The number of thiophene rings is 1. The molecule has 0 saturated carbocycles. The molecule has 0 spiro atoms. The van der Waals surface area contributed by atoms with Crippen molar-refractivity contribution in [1.29, 1.82) is 5.26 Å². The third-order valence-corrected chi connectivity index (χ3v) is 4.01. The van der Waals surface area contributed by atoms with E-state index in [0.717, 1.165) is 0 Å². The Bertz CT molecular complexity index is 447. The predicted octanol–water partition coefficient (Wildman–Crippen LogP) is 1.60. The standard InChI is InChI=1S/C7H7ClN2O2S2/c8-2-4-14(11,12)10-7-6(5-9)1-3-13-7/h1,3,10H,2,4H2. The van der Waals surface area contributed by atoms with E-state index in [1.54, 1.807) is 11.4 Å². The van der Waals surface area contributed by atoms with E-state index < -0.39 is 10.0 Å². The van der Waals surface area contributed by atoms with Crippen LogP contribution in [0.3, 0.4) is 0 Å². The lowest BCUT2D eigenvalue weighted by molar-refractivity contribution is 0.602. The number of alkyl halides is 1. The number of nitrogens with zero attached hydrogens (tertiary/aromatic N) is 1. The molecular weight excluding hydrogens is 244 g/mol. The van der Waals surface area contributed by atoms with Gasteiger partial charge in [-0.3, -0.25) is 4.72 Å². The van der Waals surface area contributed by atoms with Gasteiger partial charge in [-0.2, -0.15) is 5.26 Å². The molecule has 0 aliphatic rings. The van der Waals surface area contributed by atoms with E-state index in [1.807, 2.05) is 6.07 Å². The minimum Gasteiger partial charge on any atom is -0.273 e. The Balaban J connectivity index is 2.85. The second-order valence-corrected chi connectivity index (χ2v) is 5.52. The molecule has 7 heteroatoms. The lowest BCUT2D eigenvalue weighted by Gasteiger charge is -2.03. The SMILES string of the molecule is N#Cc1ccsc1NS(=O)(=O)CCCl. The molecule has 0 aromatic carbocycles. The minimum absolute atomic E-state index is 0.0304. The first-order chi connectivity index (χ1) is 6.59. The van der Waals surface area contributed by atoms with Gasteiger partial charge in [0.2, 0.25) is 10.0 Å². The highest BCUT2D eigenvalue weighted by Crippen LogP contribution is 2.23. The van der Waals surface area contributed by atoms with E-state index in [-0.39, 0.29) is 11.6 Å². The smallest absolute Gasteiger partial charge is 0.234 e. The van der Waals surface area contributed by atoms with Gasteiger partial charge in [-0.1, -0.05) is 0 Å². The number of anilines is 1. The largest absolute Gasteiger partial charge is 0.273 e. The molecule has 0 bridgehead atoms. The summed E-state index contributed by atoms with van der Waals surface area (Å²) in [6, 6.07) is 3.45. The maximum atomic E-state index is 11.3. The third-order valence-electron chi connectivity index (χ3n) is 1.38. The van der Waals surface area contributed by atoms with Crippen molar-refractivity contribution in [1.82, 2.24) is 0 Å². The predicted molar refractivity (Wildman–Crippen MR) is 57.2 cm³/mol. The molecule has 1 N–H and O–H groups in total. The number of hydrogen-bond acceptors (Lipinski definition) is 4. The summed E-state index contributed by atoms with van der Waals surface area (Å²) in [5.41, 5.74) is 0.327. The first kappa shape index (κ1) is 11.3. The molecule has 0 unspecified atom stereocenters. The van der Waals surface area contributed by atoms with Gasteiger partial charge in [0.25, 0.3) is 0 Å². The Labute approximate surface area is 91.2 Å². The fourth-order valence-corrected chi connectivity index (χ4v) is 3.23. The quantitative estimate of drug-likeness (QED) is 0.826. The summed E-state index contributed by atoms with van der Waals surface area (Å²) in [5, 5.41) is 10.6. The molecule has 4 nitrogen and oxygen atoms in total. The van der Waals surface area contributed by atoms with Crippen molar-refractivity contribution < 1.29 is 8.42 Å². The Morgan fingerprint density at radius 3 is 2.93 bits per heavy atom. The van der Waals surface area contributed by atoms with E-state index in [2.05, 4.69) is 4.72 Å². The molecule has 1 aromatic rings. The number of rotatable bonds is 4. The monoisotopic (exact) mass is 250 g/mol. The van der Waals surface area contributed by atoms with Crippen molar-refractivity contribution in [2.75, 3.05) is 16.4 Å². The molecule has 1 rings (SSSR count). The van der Waals surface area contributed by atoms with Crippen molar-refractivity contribution in [3.63, 3.8) is 0 Å². The minimum atomic E-state index is -3.41. The van der Waals surface area contributed by atoms with Crippen LogP contribution in [0.25, 0.3) is 0 Å². The summed E-state index contributed by atoms with van der Waals surface area (Å²) in [4.78, 5) is 0. The highest BCUT2D eigenvalue weighted by atomic mass is 35.5. The maximum Gasteiger partial charge on any atom is 0.234 e. The number of sulfonamides is 1. The van der Waals surface area contributed by atoms with Crippen LogP contribution < -0.4 is 4.72 Å². The second-order valence-electron chi connectivity index (χ2n) is 2.39. The van der Waals surface area contributed by atoms with E-state index in [0.29, 0.717) is 10.6 Å². The molecular formula is C7H7ClN2O2S2. The zero-order valence-corrected chi connectivity index (χ0v) is 9.42. The van der Waals surface area contributed by atoms with Crippen molar-refractivity contribution >= 4 is 38.0 Å². The van der Waals surface area contributed by atoms with E-state index in [4.69, 9.17) is 16.9 Å². The van der Waals surface area contributed by atoms with Gasteiger partial charge in [-0.05, 0) is 11.4 Å². The lowest BCUT2D eigenvalue weighted by atomic mass is 10.4. The van der Waals surface area contributed by atoms with Crippen LogP contribution in [0.4, 0.5) is 5.00 Å². The summed E-state index contributed by atoms with van der Waals surface area (Å²) in [5.74, 6) is -0.125. The summed E-state index contributed by atoms with van der Waals surface area (Å²) < 4.78 is 24.8. The van der Waals surface area contributed by atoms with Crippen LogP contribution in [0.5, 0.6) is 0 Å². The molecule has 76 valence electrons. The summed E-state index contributed by atoms with van der Waals surface area (Å²) in [7, 11) is -3.41. The zero-order chi connectivity index (χ0) is 10.6. The van der Waals surface area contributed by atoms with Gasteiger partial charge in [-0.25, -0.2) is 8.42 Å². The highest BCUT2D eigenvalue weighted by Gasteiger charge is 2.12. The lowest BCUT2D eigenvalue weighted by Crippen LogP contribution is -2.17. The summed E-state index contributed by atoms with van der Waals surface area (Å²) in [6.45, 7) is 0. The zero-order valence-electron chi connectivity index (χ0n) is 7.03. The average Bonchev–Trinajstić information content (AvgIpc) is 2.50. The van der Waals surface area contributed by atoms with Crippen LogP contribution in [0.1, 0.15) is 5.56 Å². The second kappa shape index (κ2) is 4.64. The molecule has 1 heterocycles. The fourth-order valence-electron chi connectivity index (χ4n) is 0.770. The molecule has 0 aliphatic heterocycles. The van der Waals surface area contributed by atoms with Gasteiger partial charge in [0, 0.05) is 5.88 Å². The van der Waals surface area contributed by atoms with Crippen molar-refractivity contribution in [3.05, 3.63) is 17.0 Å². The molecule has 0 saturated heterocycles. The van der Waals surface area contributed by atoms with Crippen molar-refractivity contribution in [2.24, 2.45) is 0 Å². The van der Waals surface area contributed by atoms with Crippen LogP contribution in [0, 0.1) is 11.3 Å². The number of nitriles is 1. The normalized spacial score (nSPS) is 10.9. The summed E-state index contributed by atoms with van der Waals surface area (Å²) in [6.07, 6.45) is 0. The Morgan fingerprint density at radius 1 is 1.64 bits per heavy atom. The van der Waals surface area contributed by atoms with Gasteiger partial charge in [0.1, 0.15) is 11.1 Å². The molecule has 0 amide bonds.